The second-order valence-corrected chi connectivity index (χ2v) is 5.04. The number of hydrogen-bond donors (Lipinski definition) is 1. The van der Waals surface area contributed by atoms with Crippen molar-refractivity contribution in [3.05, 3.63) is 59.3 Å². The number of aryl methyl sites for hydroxylation is 2. The fourth-order valence-electron chi connectivity index (χ4n) is 2.03. The van der Waals surface area contributed by atoms with Crippen LogP contribution in [0.3, 0.4) is 0 Å². The second kappa shape index (κ2) is 6.82. The van der Waals surface area contributed by atoms with Crippen LogP contribution < -0.4 is 5.73 Å². The number of nitrogens with two attached hydrogens (primary N) is 1. The lowest BCUT2D eigenvalue weighted by Gasteiger charge is -2.07. The number of hydrogen-bond acceptors (Lipinski definition) is 8. The Bertz CT molecular complexity index is 873. The van der Waals surface area contributed by atoms with Crippen LogP contribution in [0, 0.1) is 13.8 Å². The van der Waals surface area contributed by atoms with Crippen LogP contribution in [0.15, 0.2) is 41.6 Å². The lowest BCUT2D eigenvalue weighted by molar-refractivity contribution is 0.126. The van der Waals surface area contributed by atoms with Crippen molar-refractivity contribution in [3.63, 3.8) is 0 Å². The van der Waals surface area contributed by atoms with E-state index >= 15 is 0 Å². The zero-order chi connectivity index (χ0) is 16.9. The fraction of sp³-hybridized carbons (Fsp3) is 0.200. The zero-order valence-electron chi connectivity index (χ0n) is 13.3. The molecule has 0 saturated heterocycles. The van der Waals surface area contributed by atoms with Gasteiger partial charge in [-0.05, 0) is 48.5 Å². The summed E-state index contributed by atoms with van der Waals surface area (Å²) in [6.07, 6.45) is 0. The van der Waals surface area contributed by atoms with Gasteiger partial charge in [-0.1, -0.05) is 17.3 Å². The maximum Gasteiger partial charge on any atom is 0.221 e. The Morgan fingerprint density at radius 3 is 2.71 bits per heavy atom. The summed E-state index contributed by atoms with van der Waals surface area (Å²) in [5.41, 5.74) is 7.77. The summed E-state index contributed by atoms with van der Waals surface area (Å²) in [5.74, 6) is 1.39. The van der Waals surface area contributed by atoms with Crippen LogP contribution in [0.2, 0.25) is 0 Å². The van der Waals surface area contributed by atoms with Crippen molar-refractivity contribution in [1.29, 1.82) is 0 Å². The number of pyridine rings is 2. The molecule has 2 N–H and O–H groups in total. The lowest BCUT2D eigenvalue weighted by Crippen LogP contribution is -2.19. The average molecular weight is 324 g/mol. The molecule has 3 aromatic rings. The molecule has 0 aliphatic rings. The molecule has 0 atom stereocenters. The van der Waals surface area contributed by atoms with Gasteiger partial charge in [-0.25, -0.2) is 9.97 Å². The van der Waals surface area contributed by atoms with Gasteiger partial charge in [-0.3, -0.25) is 0 Å². The van der Waals surface area contributed by atoms with Crippen molar-refractivity contribution in [2.24, 2.45) is 5.16 Å². The first kappa shape index (κ1) is 15.5. The van der Waals surface area contributed by atoms with Crippen molar-refractivity contribution in [3.8, 4) is 0 Å². The highest BCUT2D eigenvalue weighted by atomic mass is 16.6. The van der Waals surface area contributed by atoms with Crippen LogP contribution in [0.1, 0.15) is 22.9 Å². The molecule has 0 fully saturated rings. The van der Waals surface area contributed by atoms with Gasteiger partial charge in [-0.15, -0.1) is 5.10 Å². The Kier molecular flexibility index (Phi) is 4.41. The number of aromatic nitrogens is 6. The Morgan fingerprint density at radius 2 is 2.00 bits per heavy atom. The number of anilines is 1. The van der Waals surface area contributed by atoms with Crippen LogP contribution in [-0.2, 0) is 11.4 Å². The molecule has 122 valence electrons. The third-order valence-corrected chi connectivity index (χ3v) is 3.14. The normalized spacial score (nSPS) is 11.5. The number of nitrogen functional groups attached to an aromatic ring is 1. The van der Waals surface area contributed by atoms with Gasteiger partial charge in [0.2, 0.25) is 5.84 Å². The first-order valence-corrected chi connectivity index (χ1v) is 7.24. The molecular weight excluding hydrogens is 308 g/mol. The van der Waals surface area contributed by atoms with Gasteiger partial charge in [0, 0.05) is 5.69 Å². The van der Waals surface area contributed by atoms with Gasteiger partial charge < -0.3 is 10.6 Å². The molecule has 3 rings (SSSR count). The molecule has 0 amide bonds. The minimum atomic E-state index is 0.168. The van der Waals surface area contributed by atoms with Crippen LogP contribution in [0.5, 0.6) is 0 Å². The Hall–Kier alpha value is -3.36. The van der Waals surface area contributed by atoms with E-state index < -0.39 is 0 Å². The summed E-state index contributed by atoms with van der Waals surface area (Å²) in [5, 5.41) is 15.6. The van der Waals surface area contributed by atoms with E-state index in [9.17, 15) is 0 Å². The molecule has 0 aromatic carbocycles. The molecule has 0 spiro atoms. The van der Waals surface area contributed by atoms with E-state index in [0.29, 0.717) is 28.9 Å². The highest BCUT2D eigenvalue weighted by Crippen LogP contribution is 2.06. The highest BCUT2D eigenvalue weighted by molar-refractivity contribution is 5.97. The summed E-state index contributed by atoms with van der Waals surface area (Å²) in [6.45, 7) is 3.83. The SMILES string of the molecule is Cc1cccc(/C(=N\OCc2cccc(N)n2)n2nnnc2C)n1. The first-order chi connectivity index (χ1) is 11.6. The summed E-state index contributed by atoms with van der Waals surface area (Å²) in [4.78, 5) is 14.0. The van der Waals surface area contributed by atoms with Gasteiger partial charge in [-0.2, -0.15) is 4.68 Å². The monoisotopic (exact) mass is 324 g/mol. The summed E-state index contributed by atoms with van der Waals surface area (Å²) in [7, 11) is 0. The summed E-state index contributed by atoms with van der Waals surface area (Å²) >= 11 is 0. The predicted molar refractivity (Wildman–Crippen MR) is 86.9 cm³/mol. The van der Waals surface area contributed by atoms with Crippen molar-refractivity contribution in [2.45, 2.75) is 20.5 Å². The molecule has 9 heteroatoms. The Labute approximate surface area is 138 Å². The van der Waals surface area contributed by atoms with E-state index in [1.165, 1.54) is 4.68 Å². The predicted octanol–water partition coefficient (Wildman–Crippen LogP) is 1.09. The molecule has 3 heterocycles. The summed E-state index contributed by atoms with van der Waals surface area (Å²) < 4.78 is 1.47. The van der Waals surface area contributed by atoms with Crippen molar-refractivity contribution >= 4 is 11.7 Å². The van der Waals surface area contributed by atoms with Crippen LogP contribution in [0.4, 0.5) is 5.82 Å². The molecule has 0 aliphatic carbocycles. The first-order valence-electron chi connectivity index (χ1n) is 7.24. The largest absolute Gasteiger partial charge is 0.387 e. The van der Waals surface area contributed by atoms with Crippen LogP contribution in [-0.4, -0.2) is 36.0 Å². The van der Waals surface area contributed by atoms with E-state index in [1.807, 2.05) is 25.1 Å². The van der Waals surface area contributed by atoms with Crippen molar-refractivity contribution < 1.29 is 4.84 Å². The minimum absolute atomic E-state index is 0.168. The molecule has 0 bridgehead atoms. The number of oxime groups is 1. The van der Waals surface area contributed by atoms with E-state index in [-0.39, 0.29) is 6.61 Å². The Morgan fingerprint density at radius 1 is 1.17 bits per heavy atom. The number of tetrazole rings is 1. The van der Waals surface area contributed by atoms with Gasteiger partial charge in [0.25, 0.3) is 0 Å². The molecule has 3 aromatic heterocycles. The maximum atomic E-state index is 5.65. The van der Waals surface area contributed by atoms with Gasteiger partial charge >= 0.3 is 0 Å². The topological polar surface area (TPSA) is 117 Å². The maximum absolute atomic E-state index is 5.65. The van der Waals surface area contributed by atoms with E-state index in [2.05, 4.69) is 30.6 Å². The summed E-state index contributed by atoms with van der Waals surface area (Å²) in [6, 6.07) is 10.9. The van der Waals surface area contributed by atoms with Crippen LogP contribution >= 0.6 is 0 Å². The highest BCUT2D eigenvalue weighted by Gasteiger charge is 2.14. The standard InChI is InChI=1S/C15H16N8O/c1-10-5-3-7-13(17-10)15(23-11(2)19-21-22-23)20-24-9-12-6-4-8-14(16)18-12/h3-8H,9H2,1-2H3,(H2,16,18)/b20-15+. The second-order valence-electron chi connectivity index (χ2n) is 5.04. The van der Waals surface area contributed by atoms with E-state index in [0.717, 1.165) is 5.69 Å². The third kappa shape index (κ3) is 3.51. The quantitative estimate of drug-likeness (QED) is 0.433. The van der Waals surface area contributed by atoms with Crippen LogP contribution in [0.25, 0.3) is 0 Å². The number of nitrogens with zero attached hydrogens (tertiary/aromatic N) is 7. The smallest absolute Gasteiger partial charge is 0.221 e. The molecule has 0 saturated carbocycles. The molecule has 0 radical (unpaired) electrons. The molecular formula is C15H16N8O. The lowest BCUT2D eigenvalue weighted by atomic mass is 10.3. The zero-order valence-corrected chi connectivity index (χ0v) is 13.3. The van der Waals surface area contributed by atoms with Gasteiger partial charge in [0.1, 0.15) is 11.5 Å². The van der Waals surface area contributed by atoms with Crippen molar-refractivity contribution in [2.75, 3.05) is 5.73 Å². The van der Waals surface area contributed by atoms with E-state index in [1.54, 1.807) is 25.1 Å². The average Bonchev–Trinajstić information content (AvgIpc) is 2.97. The third-order valence-electron chi connectivity index (χ3n) is 3.14. The molecule has 0 aliphatic heterocycles. The van der Waals surface area contributed by atoms with E-state index in [4.69, 9.17) is 10.6 Å². The van der Waals surface area contributed by atoms with Gasteiger partial charge in [0.15, 0.2) is 12.4 Å². The molecule has 9 nitrogen and oxygen atoms in total. The molecule has 0 unspecified atom stereocenters. The van der Waals surface area contributed by atoms with Gasteiger partial charge in [0.05, 0.1) is 5.69 Å². The number of rotatable bonds is 4. The Balaban J connectivity index is 1.88. The van der Waals surface area contributed by atoms with Crippen molar-refractivity contribution in [1.82, 2.24) is 30.2 Å². The fourth-order valence-corrected chi connectivity index (χ4v) is 2.03. The molecule has 24 heavy (non-hydrogen) atoms. The minimum Gasteiger partial charge on any atom is -0.387 e.